The Balaban J connectivity index is 1.87. The fourth-order valence-electron chi connectivity index (χ4n) is 3.71. The van der Waals surface area contributed by atoms with Crippen LogP contribution in [0.1, 0.15) is 52.7 Å². The van der Waals surface area contributed by atoms with Crippen molar-refractivity contribution >= 4 is 25.5 Å². The maximum Gasteiger partial charge on any atom is 0.192 e. The quantitative estimate of drug-likeness (QED) is 0.455. The van der Waals surface area contributed by atoms with Crippen molar-refractivity contribution in [2.24, 2.45) is 4.99 Å². The first-order chi connectivity index (χ1) is 15.4. The summed E-state index contributed by atoms with van der Waals surface area (Å²) < 4.78 is 33.8. The van der Waals surface area contributed by atoms with Crippen LogP contribution in [0.5, 0.6) is 0 Å². The lowest BCUT2D eigenvalue weighted by molar-refractivity contribution is 0.158. The van der Waals surface area contributed by atoms with Crippen LogP contribution >= 0.6 is 0 Å². The number of benzene rings is 1. The highest BCUT2D eigenvalue weighted by Gasteiger charge is 2.40. The van der Waals surface area contributed by atoms with Gasteiger partial charge in [0, 0.05) is 30.5 Å². The molecule has 0 aliphatic carbocycles. The largest absolute Gasteiger partial charge is 0.414 e. The number of nitrogens with one attached hydrogen (secondary N) is 1. The third-order valence-corrected chi connectivity index (χ3v) is 11.2. The summed E-state index contributed by atoms with van der Waals surface area (Å²) in [6.07, 6.45) is 4.30. The van der Waals surface area contributed by atoms with Gasteiger partial charge >= 0.3 is 0 Å². The highest BCUT2D eigenvalue weighted by atomic mass is 28.4. The van der Waals surface area contributed by atoms with Gasteiger partial charge in [0.25, 0.3) is 0 Å². The van der Waals surface area contributed by atoms with Gasteiger partial charge in [-0.05, 0) is 62.2 Å². The predicted octanol–water partition coefficient (Wildman–Crippen LogP) is 6.67. The maximum atomic E-state index is 13.7. The number of hydrazine groups is 1. The first-order valence-electron chi connectivity index (χ1n) is 11.6. The minimum Gasteiger partial charge on any atom is -0.414 e. The van der Waals surface area contributed by atoms with Gasteiger partial charge < -0.3 is 4.43 Å². The number of aryl methyl sites for hydroxylation is 1. The monoisotopic (exact) mass is 474 g/mol. The van der Waals surface area contributed by atoms with Gasteiger partial charge in [-0.2, -0.15) is 0 Å². The fourth-order valence-corrected chi connectivity index (χ4v) is 5.16. The van der Waals surface area contributed by atoms with Crippen LogP contribution in [0.2, 0.25) is 18.1 Å². The molecule has 2 aromatic rings. The molecule has 8 heteroatoms. The molecule has 1 unspecified atom stereocenters. The molecule has 3 rings (SSSR count). The molecule has 1 aromatic heterocycles. The van der Waals surface area contributed by atoms with Crippen molar-refractivity contribution in [2.75, 3.05) is 5.01 Å². The molecule has 0 amide bonds. The van der Waals surface area contributed by atoms with Gasteiger partial charge in [0.2, 0.25) is 0 Å². The van der Waals surface area contributed by atoms with E-state index in [4.69, 9.17) is 4.43 Å². The van der Waals surface area contributed by atoms with Gasteiger partial charge in [-0.3, -0.25) is 15.4 Å². The Labute approximate surface area is 197 Å². The second-order valence-electron chi connectivity index (χ2n) is 10.3. The number of pyridine rings is 1. The van der Waals surface area contributed by atoms with Crippen LogP contribution < -0.4 is 10.4 Å². The Hall–Kier alpha value is -2.32. The molecule has 33 heavy (non-hydrogen) atoms. The Bertz CT molecular complexity index is 1010. The van der Waals surface area contributed by atoms with Gasteiger partial charge in [0.05, 0.1) is 17.4 Å². The standard InChI is InChI=1S/C25H36F2N4OSi/c1-8-21(32-33(6,7)25(3,4)5)15-20-16-24(29-18-9-10-22(26)23(27)14-18)30-31(20)19-11-12-28-17(2)13-19/h9-14,20-21H,8,15-16H2,1-7H3,(H,29,30)/t20?,21-/m1/s1. The summed E-state index contributed by atoms with van der Waals surface area (Å²) in [6, 6.07) is 7.79. The molecular weight excluding hydrogens is 438 g/mol. The number of aromatic nitrogens is 1. The van der Waals surface area contributed by atoms with Crippen LogP contribution in [0.15, 0.2) is 41.5 Å². The maximum absolute atomic E-state index is 13.7. The normalized spacial score (nSPS) is 19.1. The molecule has 1 fully saturated rings. The number of aliphatic imine (C=N–C) groups is 1. The van der Waals surface area contributed by atoms with Crippen LogP contribution in [0.4, 0.5) is 20.2 Å². The van der Waals surface area contributed by atoms with Crippen LogP contribution in [-0.4, -0.2) is 31.3 Å². The van der Waals surface area contributed by atoms with E-state index in [-0.39, 0.29) is 17.2 Å². The van der Waals surface area contributed by atoms with E-state index >= 15 is 0 Å². The third kappa shape index (κ3) is 6.17. The highest BCUT2D eigenvalue weighted by Crippen LogP contribution is 2.38. The number of nitrogens with zero attached hydrogens (tertiary/aromatic N) is 3. The molecule has 1 aromatic carbocycles. The molecule has 5 nitrogen and oxygen atoms in total. The van der Waals surface area contributed by atoms with Crippen LogP contribution in [0.25, 0.3) is 0 Å². The SMILES string of the molecule is CC[C@H](CC1CC(=Nc2ccc(F)c(F)c2)NN1c1ccnc(C)c1)O[Si](C)(C)C(C)(C)C. The van der Waals surface area contributed by atoms with E-state index in [9.17, 15) is 8.78 Å². The zero-order valence-corrected chi connectivity index (χ0v) is 21.7. The van der Waals surface area contributed by atoms with E-state index in [1.54, 1.807) is 6.20 Å². The lowest BCUT2D eigenvalue weighted by atomic mass is 10.0. The Kier molecular flexibility index (Phi) is 7.58. The summed E-state index contributed by atoms with van der Waals surface area (Å²) >= 11 is 0. The van der Waals surface area contributed by atoms with Crippen molar-refractivity contribution < 1.29 is 13.2 Å². The van der Waals surface area contributed by atoms with E-state index in [0.717, 1.165) is 36.4 Å². The topological polar surface area (TPSA) is 49.8 Å². The lowest BCUT2D eigenvalue weighted by Gasteiger charge is -2.40. The summed E-state index contributed by atoms with van der Waals surface area (Å²) in [7, 11) is -1.92. The molecule has 2 heterocycles. The van der Waals surface area contributed by atoms with Gasteiger partial charge in [-0.15, -0.1) is 0 Å². The summed E-state index contributed by atoms with van der Waals surface area (Å²) in [4.78, 5) is 8.88. The van der Waals surface area contributed by atoms with Crippen LogP contribution in [0.3, 0.4) is 0 Å². The molecular formula is C25H36F2N4OSi. The smallest absolute Gasteiger partial charge is 0.192 e. The zero-order valence-electron chi connectivity index (χ0n) is 20.7. The molecule has 2 atom stereocenters. The second kappa shape index (κ2) is 9.89. The predicted molar refractivity (Wildman–Crippen MR) is 133 cm³/mol. The molecule has 1 aliphatic heterocycles. The molecule has 1 saturated heterocycles. The number of hydrogen-bond acceptors (Lipinski definition) is 4. The number of halogens is 2. The van der Waals surface area contributed by atoms with E-state index in [2.05, 4.69) is 61.2 Å². The lowest BCUT2D eigenvalue weighted by Crippen LogP contribution is -2.46. The third-order valence-electron chi connectivity index (χ3n) is 6.63. The number of amidine groups is 1. The van der Waals surface area contributed by atoms with Crippen molar-refractivity contribution in [1.29, 1.82) is 0 Å². The van der Waals surface area contributed by atoms with Crippen molar-refractivity contribution in [3.63, 3.8) is 0 Å². The van der Waals surface area contributed by atoms with Gasteiger partial charge in [0.1, 0.15) is 5.84 Å². The number of anilines is 1. The summed E-state index contributed by atoms with van der Waals surface area (Å²) in [6.45, 7) is 15.4. The molecule has 0 spiro atoms. The van der Waals surface area contributed by atoms with Crippen LogP contribution in [0, 0.1) is 18.6 Å². The molecule has 180 valence electrons. The second-order valence-corrected chi connectivity index (χ2v) is 15.1. The molecule has 1 N–H and O–H groups in total. The van der Waals surface area contributed by atoms with Gasteiger partial charge in [0.15, 0.2) is 20.0 Å². The molecule has 0 bridgehead atoms. The average Bonchev–Trinajstić information content (AvgIpc) is 3.11. The Morgan fingerprint density at radius 3 is 2.55 bits per heavy atom. The van der Waals surface area contributed by atoms with Crippen molar-refractivity contribution in [1.82, 2.24) is 10.4 Å². The highest BCUT2D eigenvalue weighted by molar-refractivity contribution is 6.74. The number of rotatable bonds is 7. The van der Waals surface area contributed by atoms with Crippen molar-refractivity contribution in [2.45, 2.75) is 84.2 Å². The summed E-state index contributed by atoms with van der Waals surface area (Å²) in [5.41, 5.74) is 5.68. The summed E-state index contributed by atoms with van der Waals surface area (Å²) in [5, 5.41) is 2.24. The van der Waals surface area contributed by atoms with E-state index in [0.29, 0.717) is 17.9 Å². The van der Waals surface area contributed by atoms with E-state index in [1.165, 1.54) is 6.07 Å². The average molecular weight is 475 g/mol. The molecule has 0 radical (unpaired) electrons. The minimum absolute atomic E-state index is 0.102. The van der Waals surface area contributed by atoms with E-state index in [1.807, 2.05) is 19.1 Å². The Morgan fingerprint density at radius 2 is 1.94 bits per heavy atom. The van der Waals surface area contributed by atoms with Crippen molar-refractivity contribution in [3.05, 3.63) is 53.9 Å². The van der Waals surface area contributed by atoms with Gasteiger partial charge in [-0.25, -0.2) is 13.8 Å². The summed E-state index contributed by atoms with van der Waals surface area (Å²) in [5.74, 6) is -1.07. The number of hydrogen-bond donors (Lipinski definition) is 1. The molecule has 0 saturated carbocycles. The van der Waals surface area contributed by atoms with Crippen molar-refractivity contribution in [3.8, 4) is 0 Å². The molecule has 1 aliphatic rings. The van der Waals surface area contributed by atoms with E-state index < -0.39 is 20.0 Å². The first kappa shape index (κ1) is 25.3. The van der Waals surface area contributed by atoms with Gasteiger partial charge in [-0.1, -0.05) is 27.7 Å². The van der Waals surface area contributed by atoms with Crippen LogP contribution in [-0.2, 0) is 4.43 Å². The Morgan fingerprint density at radius 1 is 1.21 bits per heavy atom. The minimum atomic E-state index is -1.92. The fraction of sp³-hybridized carbons (Fsp3) is 0.520. The first-order valence-corrected chi connectivity index (χ1v) is 14.5. The zero-order chi connectivity index (χ0) is 24.4.